The van der Waals surface area contributed by atoms with Crippen LogP contribution in [0.15, 0.2) is 24.3 Å². The maximum atomic E-state index is 13.0. The topological polar surface area (TPSA) is 174 Å². The smallest absolute Gasteiger partial charge is 0.746 e. The Hall–Kier alpha value is -1.77. The molecule has 0 bridgehead atoms. The zero-order valence-corrected chi connectivity index (χ0v) is 22.6. The molecular weight excluding hydrogens is 496 g/mol. The Morgan fingerprint density at radius 2 is 1.89 bits per heavy atom. The molecule has 14 heteroatoms. The van der Waals surface area contributed by atoms with Crippen molar-refractivity contribution in [1.82, 2.24) is 16.0 Å². The van der Waals surface area contributed by atoms with Gasteiger partial charge in [0, 0.05) is 12.5 Å². The number of amides is 3. The van der Waals surface area contributed by atoms with Gasteiger partial charge in [-0.1, -0.05) is 26.0 Å². The van der Waals surface area contributed by atoms with Crippen LogP contribution in [-0.4, -0.2) is 60.0 Å². The van der Waals surface area contributed by atoms with Gasteiger partial charge in [0.25, 0.3) is 0 Å². The summed E-state index contributed by atoms with van der Waals surface area (Å²) in [6.45, 7) is 3.72. The van der Waals surface area contributed by atoms with E-state index in [1.165, 1.54) is 24.3 Å². The van der Waals surface area contributed by atoms with E-state index in [0.717, 1.165) is 0 Å². The van der Waals surface area contributed by atoms with Crippen LogP contribution >= 0.6 is 0 Å². The molecule has 1 fully saturated rings. The first-order valence-corrected chi connectivity index (χ1v) is 12.2. The summed E-state index contributed by atoms with van der Waals surface area (Å²) >= 11 is 0. The van der Waals surface area contributed by atoms with E-state index in [2.05, 4.69) is 16.0 Å². The molecule has 4 atom stereocenters. The van der Waals surface area contributed by atoms with Crippen molar-refractivity contribution in [2.24, 2.45) is 11.8 Å². The van der Waals surface area contributed by atoms with E-state index in [-0.39, 0.29) is 60.8 Å². The Balaban J connectivity index is 0.00000612. The third-order valence-electron chi connectivity index (χ3n) is 5.27. The van der Waals surface area contributed by atoms with Crippen LogP contribution in [0.4, 0.5) is 9.18 Å². The summed E-state index contributed by atoms with van der Waals surface area (Å²) in [6, 6.07) is 2.51. The van der Waals surface area contributed by atoms with Gasteiger partial charge in [0.1, 0.15) is 28.6 Å². The first-order valence-electron chi connectivity index (χ1n) is 10.8. The normalized spacial score (nSPS) is 18.1. The molecule has 2 unspecified atom stereocenters. The number of halogens is 1. The van der Waals surface area contributed by atoms with Crippen LogP contribution in [0, 0.1) is 17.7 Å². The average molecular weight is 526 g/mol. The van der Waals surface area contributed by atoms with Crippen molar-refractivity contribution in [2.75, 3.05) is 6.54 Å². The summed E-state index contributed by atoms with van der Waals surface area (Å²) in [5.41, 5.74) is -1.96. The van der Waals surface area contributed by atoms with Gasteiger partial charge >= 0.3 is 35.7 Å². The fraction of sp³-hybridized carbons (Fsp3) is 0.571. The summed E-state index contributed by atoms with van der Waals surface area (Å²) in [7, 11) is -5.20. The Labute approximate surface area is 225 Å². The summed E-state index contributed by atoms with van der Waals surface area (Å²) in [5.74, 6) is -2.46. The molecule has 1 aromatic carbocycles. The number of aliphatic hydroxyl groups excluding tert-OH is 1. The summed E-state index contributed by atoms with van der Waals surface area (Å²) < 4.78 is 52.3. The molecule has 3 amide bonds. The van der Waals surface area contributed by atoms with Crippen molar-refractivity contribution in [2.45, 2.75) is 57.2 Å². The zero-order chi connectivity index (χ0) is 25.5. The first-order chi connectivity index (χ1) is 15.9. The van der Waals surface area contributed by atoms with E-state index < -0.39 is 51.4 Å². The number of ether oxygens (including phenoxy) is 1. The molecule has 2 rings (SSSR count). The van der Waals surface area contributed by atoms with Gasteiger partial charge in [0.05, 0.1) is 6.04 Å². The molecule has 0 saturated carbocycles. The van der Waals surface area contributed by atoms with Crippen molar-refractivity contribution < 1.29 is 71.1 Å². The largest absolute Gasteiger partial charge is 1.00 e. The minimum Gasteiger partial charge on any atom is -0.746 e. The molecule has 1 aliphatic rings. The molecular formula is C21H29FN3NaO8S. The predicted octanol–water partition coefficient (Wildman–Crippen LogP) is -2.65. The Bertz CT molecular complexity index is 977. The first kappa shape index (κ1) is 31.3. The molecule has 0 spiro atoms. The minimum absolute atomic E-state index is 0. The van der Waals surface area contributed by atoms with E-state index in [9.17, 15) is 36.9 Å². The van der Waals surface area contributed by atoms with Gasteiger partial charge in [-0.15, -0.1) is 0 Å². The van der Waals surface area contributed by atoms with Crippen molar-refractivity contribution in [1.29, 1.82) is 0 Å². The zero-order valence-electron chi connectivity index (χ0n) is 19.8. The number of nitrogens with one attached hydrogen (secondary N) is 3. The van der Waals surface area contributed by atoms with Gasteiger partial charge in [0.15, 0.2) is 5.44 Å². The van der Waals surface area contributed by atoms with E-state index in [1.807, 2.05) is 0 Å². The number of benzene rings is 1. The van der Waals surface area contributed by atoms with Gasteiger partial charge in [-0.3, -0.25) is 9.59 Å². The van der Waals surface area contributed by atoms with Gasteiger partial charge in [0.2, 0.25) is 11.8 Å². The molecule has 190 valence electrons. The third-order valence-corrected chi connectivity index (χ3v) is 6.19. The molecule has 0 aromatic heterocycles. The summed E-state index contributed by atoms with van der Waals surface area (Å²) in [4.78, 5) is 37.0. The second-order valence-corrected chi connectivity index (χ2v) is 10.0. The van der Waals surface area contributed by atoms with Gasteiger partial charge in [-0.25, -0.2) is 17.6 Å². The molecule has 35 heavy (non-hydrogen) atoms. The molecule has 0 radical (unpaired) electrons. The third kappa shape index (κ3) is 10.4. The number of hydrogen-bond donors (Lipinski definition) is 4. The second-order valence-electron chi connectivity index (χ2n) is 8.54. The molecule has 0 aliphatic carbocycles. The van der Waals surface area contributed by atoms with Crippen LogP contribution in [0.2, 0.25) is 0 Å². The molecule has 1 heterocycles. The molecule has 11 nitrogen and oxygen atoms in total. The maximum absolute atomic E-state index is 13.0. The standard InChI is InChI=1S/C21H30FN3O8S.Na/c1-12(2)9-16(25-21(29)33-11-13-3-5-15(22)6-4-13)19(27)24-17(20(28)34(30,31)32)10-14-7-8-23-18(14)26;/h3-6,12,14,16-17,20,28H,7-11H2,1-2H3,(H,23,26)(H,24,27)(H,25,29)(H,30,31,32);/q;+1/p-1/t14?,16-,17-,20?;/m0./s1. The molecule has 1 aliphatic heterocycles. The SMILES string of the molecule is CC(C)C[C@H](NC(=O)OCc1ccc(F)cc1)C(=O)N[C@@H](CC1CCNC1=O)C(O)S(=O)(=O)[O-].[Na+]. The van der Waals surface area contributed by atoms with E-state index in [1.54, 1.807) is 13.8 Å². The number of alkyl carbamates (subject to hydrolysis) is 1. The van der Waals surface area contributed by atoms with Crippen molar-refractivity contribution in [3.05, 3.63) is 35.6 Å². The quantitative estimate of drug-likeness (QED) is 0.179. The van der Waals surface area contributed by atoms with Crippen LogP contribution in [0.25, 0.3) is 0 Å². The fourth-order valence-electron chi connectivity index (χ4n) is 3.52. The van der Waals surface area contributed by atoms with Crippen LogP contribution in [0.3, 0.4) is 0 Å². The number of rotatable bonds is 11. The second kappa shape index (κ2) is 14.1. The minimum atomic E-state index is -5.20. The number of hydrogen-bond acceptors (Lipinski definition) is 8. The van der Waals surface area contributed by atoms with E-state index in [4.69, 9.17) is 4.74 Å². The van der Waals surface area contributed by atoms with Gasteiger partial charge in [-0.05, 0) is 42.9 Å². The van der Waals surface area contributed by atoms with Crippen LogP contribution in [-0.2, 0) is 31.1 Å². The monoisotopic (exact) mass is 525 g/mol. The van der Waals surface area contributed by atoms with Crippen LogP contribution < -0.4 is 45.5 Å². The van der Waals surface area contributed by atoms with Gasteiger partial charge < -0.3 is 30.3 Å². The summed E-state index contributed by atoms with van der Waals surface area (Å²) in [6.07, 6.45) is -0.744. The molecule has 1 saturated heterocycles. The molecule has 4 N–H and O–H groups in total. The summed E-state index contributed by atoms with van der Waals surface area (Å²) in [5, 5.41) is 17.3. The van der Waals surface area contributed by atoms with Crippen LogP contribution in [0.1, 0.15) is 38.7 Å². The number of carbonyl (C=O) groups excluding carboxylic acids is 3. The fourth-order valence-corrected chi connectivity index (χ4v) is 4.11. The van der Waals surface area contributed by atoms with Crippen molar-refractivity contribution in [3.63, 3.8) is 0 Å². The Morgan fingerprint density at radius 3 is 2.40 bits per heavy atom. The van der Waals surface area contributed by atoms with Crippen LogP contribution in [0.5, 0.6) is 0 Å². The predicted molar refractivity (Wildman–Crippen MR) is 116 cm³/mol. The Morgan fingerprint density at radius 1 is 1.26 bits per heavy atom. The van der Waals surface area contributed by atoms with E-state index >= 15 is 0 Å². The number of aliphatic hydroxyl groups is 1. The average Bonchev–Trinajstić information content (AvgIpc) is 3.15. The van der Waals surface area contributed by atoms with Gasteiger partial charge in [-0.2, -0.15) is 0 Å². The number of carbonyl (C=O) groups is 3. The maximum Gasteiger partial charge on any atom is 1.00 e. The molecule has 1 aromatic rings. The van der Waals surface area contributed by atoms with Crippen molar-refractivity contribution in [3.8, 4) is 0 Å². The van der Waals surface area contributed by atoms with Crippen molar-refractivity contribution >= 4 is 28.0 Å². The Kier molecular flexibility index (Phi) is 12.6. The van der Waals surface area contributed by atoms with E-state index in [0.29, 0.717) is 18.5 Å².